The lowest BCUT2D eigenvalue weighted by Gasteiger charge is -1.88. The van der Waals surface area contributed by atoms with Gasteiger partial charge in [-0.05, 0) is 18.2 Å². The molecule has 2 rings (SSSR count). The van der Waals surface area contributed by atoms with Gasteiger partial charge in [-0.2, -0.15) is 0 Å². The Morgan fingerprint density at radius 1 is 1.55 bits per heavy atom. The molecule has 11 heavy (non-hydrogen) atoms. The molecule has 1 heterocycles. The van der Waals surface area contributed by atoms with Crippen molar-refractivity contribution in [1.82, 2.24) is 4.98 Å². The van der Waals surface area contributed by atoms with Crippen molar-refractivity contribution in [3.8, 4) is 0 Å². The van der Waals surface area contributed by atoms with Gasteiger partial charge in [0.25, 0.3) is 0 Å². The topological polar surface area (TPSA) is 38.9 Å². The Balaban J connectivity index is 2.90. The summed E-state index contributed by atoms with van der Waals surface area (Å²) in [5.74, 6) is 0. The zero-order chi connectivity index (χ0) is 7.84. The van der Waals surface area contributed by atoms with Crippen LogP contribution in [0.15, 0.2) is 17.0 Å². The first-order chi connectivity index (χ1) is 5.27. The van der Waals surface area contributed by atoms with E-state index >= 15 is 0 Å². The van der Waals surface area contributed by atoms with E-state index in [0.29, 0.717) is 5.13 Å². The molecule has 0 amide bonds. The lowest BCUT2D eigenvalue weighted by atomic mass is 10.3. The third-order valence-corrected chi connectivity index (χ3v) is 2.52. The highest BCUT2D eigenvalue weighted by molar-refractivity contribution is 7.80. The van der Waals surface area contributed by atoms with E-state index < -0.39 is 0 Å². The van der Waals surface area contributed by atoms with Crippen LogP contribution in [0.2, 0.25) is 0 Å². The summed E-state index contributed by atoms with van der Waals surface area (Å²) in [4.78, 5) is 4.94. The average Bonchev–Trinajstić information content (AvgIpc) is 2.31. The van der Waals surface area contributed by atoms with Gasteiger partial charge in [0.05, 0.1) is 10.2 Å². The lowest BCUT2D eigenvalue weighted by molar-refractivity contribution is 1.42. The van der Waals surface area contributed by atoms with Crippen molar-refractivity contribution in [3.63, 3.8) is 0 Å². The molecule has 0 spiro atoms. The number of hydrogen-bond donors (Lipinski definition) is 2. The molecule has 0 saturated heterocycles. The standard InChI is InChI=1S/C7H5N2S2/c8-7-9-6-4(10)2-1-3-5(6)11-7/h2-3,10H,(H2,8,9). The Morgan fingerprint density at radius 2 is 2.36 bits per heavy atom. The molecular weight excluding hydrogens is 176 g/mol. The van der Waals surface area contributed by atoms with E-state index in [1.165, 1.54) is 11.3 Å². The number of aromatic nitrogens is 1. The molecule has 1 aromatic carbocycles. The van der Waals surface area contributed by atoms with Gasteiger partial charge in [-0.25, -0.2) is 4.98 Å². The summed E-state index contributed by atoms with van der Waals surface area (Å²) < 4.78 is 1.04. The molecule has 2 N–H and O–H groups in total. The van der Waals surface area contributed by atoms with Crippen LogP contribution in [0.3, 0.4) is 0 Å². The molecule has 0 aliphatic carbocycles. The zero-order valence-corrected chi connectivity index (χ0v) is 7.25. The molecule has 1 radical (unpaired) electrons. The molecule has 0 saturated carbocycles. The van der Waals surface area contributed by atoms with Crippen molar-refractivity contribution in [2.24, 2.45) is 0 Å². The van der Waals surface area contributed by atoms with Crippen molar-refractivity contribution < 1.29 is 0 Å². The molecule has 0 aliphatic heterocycles. The zero-order valence-electron chi connectivity index (χ0n) is 5.53. The number of anilines is 1. The summed E-state index contributed by atoms with van der Waals surface area (Å²) in [6, 6.07) is 6.60. The summed E-state index contributed by atoms with van der Waals surface area (Å²) in [7, 11) is 0. The van der Waals surface area contributed by atoms with Crippen LogP contribution < -0.4 is 5.73 Å². The molecule has 2 aromatic rings. The number of rotatable bonds is 0. The van der Waals surface area contributed by atoms with E-state index in [4.69, 9.17) is 5.73 Å². The van der Waals surface area contributed by atoms with Gasteiger partial charge < -0.3 is 5.73 Å². The van der Waals surface area contributed by atoms with E-state index in [2.05, 4.69) is 23.7 Å². The quantitative estimate of drug-likeness (QED) is 0.610. The van der Waals surface area contributed by atoms with Crippen molar-refractivity contribution in [2.45, 2.75) is 4.90 Å². The minimum Gasteiger partial charge on any atom is -0.375 e. The van der Waals surface area contributed by atoms with Gasteiger partial charge >= 0.3 is 0 Å². The van der Waals surface area contributed by atoms with Gasteiger partial charge in [0.1, 0.15) is 0 Å². The van der Waals surface area contributed by atoms with E-state index in [1.807, 2.05) is 6.07 Å². The molecule has 0 bridgehead atoms. The summed E-state index contributed by atoms with van der Waals surface area (Å²) in [6.07, 6.45) is 0. The third-order valence-electron chi connectivity index (χ3n) is 1.35. The van der Waals surface area contributed by atoms with Crippen LogP contribution in [-0.2, 0) is 0 Å². The highest BCUT2D eigenvalue weighted by Gasteiger charge is 2.02. The Hall–Kier alpha value is -0.740. The highest BCUT2D eigenvalue weighted by Crippen LogP contribution is 2.27. The van der Waals surface area contributed by atoms with Gasteiger partial charge in [0.15, 0.2) is 5.13 Å². The molecule has 0 unspecified atom stereocenters. The molecule has 0 aliphatic rings. The maximum atomic E-state index is 5.52. The van der Waals surface area contributed by atoms with E-state index in [0.717, 1.165) is 15.1 Å². The van der Waals surface area contributed by atoms with E-state index in [-0.39, 0.29) is 0 Å². The predicted molar refractivity (Wildman–Crippen MR) is 50.1 cm³/mol. The Morgan fingerprint density at radius 3 is 3.09 bits per heavy atom. The molecule has 1 aromatic heterocycles. The van der Waals surface area contributed by atoms with Gasteiger partial charge in [-0.15, -0.1) is 12.6 Å². The fourth-order valence-electron chi connectivity index (χ4n) is 0.895. The van der Waals surface area contributed by atoms with Crippen molar-refractivity contribution in [1.29, 1.82) is 0 Å². The number of thiazole rings is 1. The summed E-state index contributed by atoms with van der Waals surface area (Å²) in [5, 5.41) is 0.579. The number of hydrogen-bond acceptors (Lipinski definition) is 4. The maximum Gasteiger partial charge on any atom is 0.181 e. The second-order valence-electron chi connectivity index (χ2n) is 2.11. The van der Waals surface area contributed by atoms with Gasteiger partial charge in [0, 0.05) is 4.90 Å². The Kier molecular flexibility index (Phi) is 1.51. The van der Waals surface area contributed by atoms with Gasteiger partial charge in [-0.3, -0.25) is 0 Å². The largest absolute Gasteiger partial charge is 0.375 e. The summed E-state index contributed by atoms with van der Waals surface area (Å²) >= 11 is 5.67. The SMILES string of the molecule is Nc1nc2c(S)c[c]cc2s1. The minimum atomic E-state index is 0.579. The third kappa shape index (κ3) is 1.08. The Labute approximate surface area is 73.5 Å². The first-order valence-corrected chi connectivity index (χ1v) is 4.29. The Bertz CT molecular complexity index is 394. The molecule has 55 valence electrons. The normalized spacial score (nSPS) is 10.6. The smallest absolute Gasteiger partial charge is 0.181 e. The van der Waals surface area contributed by atoms with Gasteiger partial charge in [-0.1, -0.05) is 11.3 Å². The van der Waals surface area contributed by atoms with E-state index in [9.17, 15) is 0 Å². The van der Waals surface area contributed by atoms with Crippen molar-refractivity contribution in [2.75, 3.05) is 5.73 Å². The highest BCUT2D eigenvalue weighted by atomic mass is 32.1. The van der Waals surface area contributed by atoms with Crippen LogP contribution in [0.1, 0.15) is 0 Å². The monoisotopic (exact) mass is 181 g/mol. The summed E-state index contributed by atoms with van der Waals surface area (Å²) in [6.45, 7) is 0. The molecule has 0 atom stereocenters. The number of thiol groups is 1. The van der Waals surface area contributed by atoms with E-state index in [1.54, 1.807) is 6.07 Å². The molecule has 4 heteroatoms. The number of fused-ring (bicyclic) bond motifs is 1. The molecule has 2 nitrogen and oxygen atoms in total. The van der Waals surface area contributed by atoms with Crippen LogP contribution in [0.5, 0.6) is 0 Å². The molecule has 0 fully saturated rings. The first-order valence-electron chi connectivity index (χ1n) is 3.02. The van der Waals surface area contributed by atoms with Crippen LogP contribution in [0, 0.1) is 6.07 Å². The van der Waals surface area contributed by atoms with Crippen LogP contribution in [0.25, 0.3) is 10.2 Å². The fourth-order valence-corrected chi connectivity index (χ4v) is 1.96. The van der Waals surface area contributed by atoms with Crippen molar-refractivity contribution in [3.05, 3.63) is 18.2 Å². The minimum absolute atomic E-state index is 0.579. The van der Waals surface area contributed by atoms with Crippen LogP contribution in [-0.4, -0.2) is 4.98 Å². The van der Waals surface area contributed by atoms with Gasteiger partial charge in [0.2, 0.25) is 0 Å². The number of nitrogen functional groups attached to an aromatic ring is 1. The second kappa shape index (κ2) is 2.39. The molecular formula is C7H5N2S2. The number of nitrogens with zero attached hydrogens (tertiary/aromatic N) is 1. The summed E-state index contributed by atoms with van der Waals surface area (Å²) in [5.41, 5.74) is 6.39. The van der Waals surface area contributed by atoms with Crippen LogP contribution in [0.4, 0.5) is 5.13 Å². The average molecular weight is 181 g/mol. The number of nitrogens with two attached hydrogens (primary N) is 1. The predicted octanol–water partition coefficient (Wildman–Crippen LogP) is 1.97. The fraction of sp³-hybridized carbons (Fsp3) is 0. The second-order valence-corrected chi connectivity index (χ2v) is 3.65. The lowest BCUT2D eigenvalue weighted by Crippen LogP contribution is -1.79. The number of benzene rings is 1. The maximum absolute atomic E-state index is 5.52. The van der Waals surface area contributed by atoms with Crippen molar-refractivity contribution >= 4 is 39.3 Å². The first kappa shape index (κ1) is 6.94. The van der Waals surface area contributed by atoms with Crippen LogP contribution >= 0.6 is 24.0 Å².